The highest BCUT2D eigenvalue weighted by molar-refractivity contribution is 7.99. The quantitative estimate of drug-likeness (QED) is 0.305. The Hall–Kier alpha value is -2.03. The monoisotopic (exact) mass is 406 g/mol. The molecule has 6 nitrogen and oxygen atoms in total. The second-order valence-corrected chi connectivity index (χ2v) is 9.27. The Balaban J connectivity index is 1.78. The molecule has 0 atom stereocenters. The lowest BCUT2D eigenvalue weighted by Gasteiger charge is -2.13. The molecular weight excluding hydrogens is 380 g/mol. The summed E-state index contributed by atoms with van der Waals surface area (Å²) >= 11 is 1.79. The van der Waals surface area contributed by atoms with Gasteiger partial charge in [-0.2, -0.15) is 0 Å². The molecule has 2 aromatic rings. The van der Waals surface area contributed by atoms with Crippen molar-refractivity contribution in [3.8, 4) is 0 Å². The van der Waals surface area contributed by atoms with E-state index in [1.54, 1.807) is 30.9 Å². The molecule has 2 aromatic carbocycles. The summed E-state index contributed by atoms with van der Waals surface area (Å²) in [5.41, 5.74) is 0.981. The van der Waals surface area contributed by atoms with Crippen LogP contribution in [0.2, 0.25) is 0 Å². The van der Waals surface area contributed by atoms with Crippen molar-refractivity contribution >= 4 is 27.7 Å². The van der Waals surface area contributed by atoms with Crippen molar-refractivity contribution in [3.05, 3.63) is 60.2 Å². The Morgan fingerprint density at radius 1 is 1.04 bits per heavy atom. The molecule has 0 spiro atoms. The van der Waals surface area contributed by atoms with Gasteiger partial charge in [-0.1, -0.05) is 30.3 Å². The fourth-order valence-electron chi connectivity index (χ4n) is 2.25. The van der Waals surface area contributed by atoms with E-state index in [9.17, 15) is 8.42 Å². The zero-order valence-corrected chi connectivity index (χ0v) is 17.5. The van der Waals surface area contributed by atoms with Crippen LogP contribution in [0, 0.1) is 0 Å². The molecule has 0 fully saturated rings. The predicted octanol–water partition coefficient (Wildman–Crippen LogP) is 2.39. The van der Waals surface area contributed by atoms with Crippen molar-refractivity contribution in [3.63, 3.8) is 0 Å². The third-order valence-corrected chi connectivity index (χ3v) is 6.63. The minimum absolute atomic E-state index is 0.289. The average Bonchev–Trinajstić information content (AvgIpc) is 2.68. The highest BCUT2D eigenvalue weighted by Crippen LogP contribution is 2.16. The van der Waals surface area contributed by atoms with Crippen LogP contribution in [0.5, 0.6) is 0 Å². The van der Waals surface area contributed by atoms with Gasteiger partial charge in [-0.05, 0) is 29.8 Å². The summed E-state index contributed by atoms with van der Waals surface area (Å²) < 4.78 is 25.4. The molecule has 0 radical (unpaired) electrons. The molecule has 0 unspecified atom stereocenters. The number of sulfonamides is 1. The molecule has 2 rings (SSSR count). The van der Waals surface area contributed by atoms with Gasteiger partial charge >= 0.3 is 0 Å². The Morgan fingerprint density at radius 3 is 2.30 bits per heavy atom. The van der Waals surface area contributed by atoms with Crippen LogP contribution in [0.4, 0.5) is 0 Å². The zero-order valence-electron chi connectivity index (χ0n) is 15.8. The second kappa shape index (κ2) is 10.3. The maximum atomic E-state index is 12.1. The van der Waals surface area contributed by atoms with Gasteiger partial charge in [0.15, 0.2) is 5.96 Å². The molecule has 27 heavy (non-hydrogen) atoms. The van der Waals surface area contributed by atoms with Gasteiger partial charge in [0.1, 0.15) is 0 Å². The van der Waals surface area contributed by atoms with Crippen LogP contribution in [0.25, 0.3) is 0 Å². The van der Waals surface area contributed by atoms with Crippen LogP contribution >= 0.6 is 11.8 Å². The standard InChI is InChI=1S/C19H26N4O2S2/c1-20-19(21-13-14-26-17-7-5-4-6-8-17)22-15-16-9-11-18(12-10-16)27(24,25)23(2)3/h4-12H,13-15H2,1-3H3,(H2,20,21,22). The molecule has 0 aliphatic heterocycles. The summed E-state index contributed by atoms with van der Waals surface area (Å²) in [6, 6.07) is 17.1. The number of hydrogen-bond donors (Lipinski definition) is 2. The van der Waals surface area contributed by atoms with E-state index in [1.807, 2.05) is 30.3 Å². The highest BCUT2D eigenvalue weighted by atomic mass is 32.2. The van der Waals surface area contributed by atoms with Crippen molar-refractivity contribution < 1.29 is 8.42 Å². The van der Waals surface area contributed by atoms with Crippen LogP contribution < -0.4 is 10.6 Å². The Kier molecular flexibility index (Phi) is 8.15. The zero-order chi connectivity index (χ0) is 19.7. The van der Waals surface area contributed by atoms with Crippen molar-refractivity contribution in [1.29, 1.82) is 0 Å². The van der Waals surface area contributed by atoms with E-state index in [4.69, 9.17) is 0 Å². The molecule has 0 aliphatic carbocycles. The van der Waals surface area contributed by atoms with Gasteiger partial charge in [-0.25, -0.2) is 12.7 Å². The number of benzene rings is 2. The smallest absolute Gasteiger partial charge is 0.242 e. The average molecular weight is 407 g/mol. The number of nitrogens with zero attached hydrogens (tertiary/aromatic N) is 2. The third kappa shape index (κ3) is 6.57. The molecule has 2 N–H and O–H groups in total. The van der Waals surface area contributed by atoms with Crippen LogP contribution in [0.15, 0.2) is 69.4 Å². The number of thioether (sulfide) groups is 1. The Labute approximate surface area is 166 Å². The lowest BCUT2D eigenvalue weighted by atomic mass is 10.2. The van der Waals surface area contributed by atoms with Crippen LogP contribution in [-0.2, 0) is 16.6 Å². The van der Waals surface area contributed by atoms with Gasteiger partial charge in [-0.15, -0.1) is 11.8 Å². The second-order valence-electron chi connectivity index (χ2n) is 5.95. The van der Waals surface area contributed by atoms with Gasteiger partial charge in [-0.3, -0.25) is 4.99 Å². The van der Waals surface area contributed by atoms with Crippen LogP contribution in [-0.4, -0.2) is 52.1 Å². The van der Waals surface area contributed by atoms with E-state index >= 15 is 0 Å². The lowest BCUT2D eigenvalue weighted by Crippen LogP contribution is -2.37. The lowest BCUT2D eigenvalue weighted by molar-refractivity contribution is 0.520. The van der Waals surface area contributed by atoms with E-state index in [0.717, 1.165) is 17.9 Å². The highest BCUT2D eigenvalue weighted by Gasteiger charge is 2.16. The van der Waals surface area contributed by atoms with Crippen molar-refractivity contribution in [2.75, 3.05) is 33.4 Å². The van der Waals surface area contributed by atoms with Crippen LogP contribution in [0.1, 0.15) is 5.56 Å². The Morgan fingerprint density at radius 2 is 1.70 bits per heavy atom. The fraction of sp³-hybridized carbons (Fsp3) is 0.316. The molecule has 0 aliphatic rings. The molecular formula is C19H26N4O2S2. The van der Waals surface area contributed by atoms with E-state index in [-0.39, 0.29) is 4.90 Å². The summed E-state index contributed by atoms with van der Waals surface area (Å²) in [7, 11) is 1.38. The first kappa shape index (κ1) is 21.3. The van der Waals surface area contributed by atoms with Gasteiger partial charge in [0.25, 0.3) is 0 Å². The predicted molar refractivity (Wildman–Crippen MR) is 113 cm³/mol. The molecule has 0 heterocycles. The maximum absolute atomic E-state index is 12.1. The van der Waals surface area contributed by atoms with Gasteiger partial charge < -0.3 is 10.6 Å². The molecule has 0 saturated heterocycles. The van der Waals surface area contributed by atoms with Gasteiger partial charge in [0, 0.05) is 44.9 Å². The van der Waals surface area contributed by atoms with E-state index < -0.39 is 10.0 Å². The van der Waals surface area contributed by atoms with Crippen molar-refractivity contribution in [1.82, 2.24) is 14.9 Å². The minimum atomic E-state index is -3.39. The maximum Gasteiger partial charge on any atom is 0.242 e. The molecule has 8 heteroatoms. The molecule has 0 bridgehead atoms. The molecule has 146 valence electrons. The topological polar surface area (TPSA) is 73.8 Å². The third-order valence-electron chi connectivity index (χ3n) is 3.79. The summed E-state index contributed by atoms with van der Waals surface area (Å²) in [4.78, 5) is 5.74. The summed E-state index contributed by atoms with van der Waals surface area (Å²) in [5.74, 6) is 1.65. The van der Waals surface area contributed by atoms with Crippen LogP contribution in [0.3, 0.4) is 0 Å². The normalized spacial score (nSPS) is 12.2. The molecule has 0 amide bonds. The molecule has 0 saturated carbocycles. The van der Waals surface area contributed by atoms with Crippen molar-refractivity contribution in [2.24, 2.45) is 4.99 Å². The summed E-state index contributed by atoms with van der Waals surface area (Å²) in [6.07, 6.45) is 0. The first-order chi connectivity index (χ1) is 12.9. The summed E-state index contributed by atoms with van der Waals surface area (Å²) in [5, 5.41) is 6.51. The first-order valence-corrected chi connectivity index (χ1v) is 11.0. The van der Waals surface area contributed by atoms with Gasteiger partial charge in [0.05, 0.1) is 4.90 Å². The minimum Gasteiger partial charge on any atom is -0.356 e. The largest absolute Gasteiger partial charge is 0.356 e. The number of aliphatic imine (C=N–C) groups is 1. The SMILES string of the molecule is CN=C(NCCSc1ccccc1)NCc1ccc(S(=O)(=O)N(C)C)cc1. The molecule has 0 aromatic heterocycles. The fourth-order valence-corrected chi connectivity index (χ4v) is 3.94. The number of rotatable bonds is 8. The van der Waals surface area contributed by atoms with E-state index in [2.05, 4.69) is 27.8 Å². The number of guanidine groups is 1. The van der Waals surface area contributed by atoms with Gasteiger partial charge in [0.2, 0.25) is 10.0 Å². The number of nitrogens with one attached hydrogen (secondary N) is 2. The first-order valence-electron chi connectivity index (χ1n) is 8.57. The van der Waals surface area contributed by atoms with E-state index in [1.165, 1.54) is 23.3 Å². The van der Waals surface area contributed by atoms with Crippen molar-refractivity contribution in [2.45, 2.75) is 16.3 Å². The summed E-state index contributed by atoms with van der Waals surface area (Å²) in [6.45, 7) is 1.35. The Bertz CT molecular complexity index is 836. The van der Waals surface area contributed by atoms with E-state index in [0.29, 0.717) is 12.5 Å². The number of hydrogen-bond acceptors (Lipinski definition) is 4.